The minimum atomic E-state index is 0.114. The van der Waals surface area contributed by atoms with Gasteiger partial charge in [-0.25, -0.2) is 4.79 Å². The molecule has 3 fully saturated rings. The Morgan fingerprint density at radius 2 is 1.96 bits per heavy atom. The number of nitrogens with one attached hydrogen (secondary N) is 1. The van der Waals surface area contributed by atoms with Crippen molar-refractivity contribution in [3.63, 3.8) is 0 Å². The van der Waals surface area contributed by atoms with E-state index in [1.165, 1.54) is 25.7 Å². The van der Waals surface area contributed by atoms with Gasteiger partial charge in [0.2, 0.25) is 0 Å². The van der Waals surface area contributed by atoms with Gasteiger partial charge < -0.3 is 15.0 Å². The highest BCUT2D eigenvalue weighted by molar-refractivity contribution is 5.74. The van der Waals surface area contributed by atoms with Crippen LogP contribution in [0.5, 0.6) is 0 Å². The number of urea groups is 1. The molecule has 2 bridgehead atoms. The smallest absolute Gasteiger partial charge is 0.317 e. The van der Waals surface area contributed by atoms with Crippen LogP contribution in [0.25, 0.3) is 0 Å². The number of hydrogen-bond acceptors (Lipinski definition) is 3. The zero-order chi connectivity index (χ0) is 16.2. The monoisotopic (exact) mass is 323 g/mol. The summed E-state index contributed by atoms with van der Waals surface area (Å²) in [5, 5.41) is 3.08. The van der Waals surface area contributed by atoms with Crippen molar-refractivity contribution in [1.82, 2.24) is 15.1 Å². The van der Waals surface area contributed by atoms with E-state index < -0.39 is 0 Å². The van der Waals surface area contributed by atoms with E-state index in [0.29, 0.717) is 18.1 Å². The molecule has 23 heavy (non-hydrogen) atoms. The summed E-state index contributed by atoms with van der Waals surface area (Å²) in [5.41, 5.74) is 0. The van der Waals surface area contributed by atoms with Crippen molar-refractivity contribution >= 4 is 6.03 Å². The minimum Gasteiger partial charge on any atom is -0.381 e. The van der Waals surface area contributed by atoms with Crippen molar-refractivity contribution in [3.05, 3.63) is 0 Å². The van der Waals surface area contributed by atoms with Gasteiger partial charge in [-0.15, -0.1) is 0 Å². The number of ether oxygens (including phenoxy) is 1. The summed E-state index contributed by atoms with van der Waals surface area (Å²) in [6.45, 7) is 8.75. The Labute approximate surface area is 140 Å². The van der Waals surface area contributed by atoms with E-state index in [1.807, 2.05) is 4.90 Å². The molecule has 0 unspecified atom stereocenters. The quantitative estimate of drug-likeness (QED) is 0.732. The van der Waals surface area contributed by atoms with Crippen LogP contribution in [0.1, 0.15) is 52.4 Å². The fourth-order valence-corrected chi connectivity index (χ4v) is 4.15. The molecule has 2 heterocycles. The van der Waals surface area contributed by atoms with Crippen LogP contribution in [0, 0.1) is 5.92 Å². The second-order valence-corrected chi connectivity index (χ2v) is 7.76. The number of carbonyl (C=O) groups is 1. The Bertz CT molecular complexity index is 398. The average Bonchev–Trinajstić information content (AvgIpc) is 3.26. The van der Waals surface area contributed by atoms with E-state index in [2.05, 4.69) is 24.1 Å². The largest absolute Gasteiger partial charge is 0.381 e. The Kier molecular flexibility index (Phi) is 5.81. The van der Waals surface area contributed by atoms with Gasteiger partial charge in [0.05, 0.1) is 0 Å². The molecule has 5 nitrogen and oxygen atoms in total. The third-order valence-electron chi connectivity index (χ3n) is 5.52. The maximum Gasteiger partial charge on any atom is 0.317 e. The van der Waals surface area contributed by atoms with Gasteiger partial charge in [-0.05, 0) is 58.3 Å². The molecular weight excluding hydrogens is 290 g/mol. The van der Waals surface area contributed by atoms with Crippen molar-refractivity contribution in [1.29, 1.82) is 0 Å². The number of rotatable bonds is 7. The summed E-state index contributed by atoms with van der Waals surface area (Å²) in [4.78, 5) is 17.1. The van der Waals surface area contributed by atoms with Gasteiger partial charge in [0.25, 0.3) is 0 Å². The summed E-state index contributed by atoms with van der Waals surface area (Å²) in [6.07, 6.45) is 7.24. The molecule has 2 amide bonds. The van der Waals surface area contributed by atoms with Crippen LogP contribution in [0.3, 0.4) is 0 Å². The van der Waals surface area contributed by atoms with Gasteiger partial charge in [0, 0.05) is 51.0 Å². The van der Waals surface area contributed by atoms with E-state index in [0.717, 1.165) is 51.6 Å². The molecule has 0 spiro atoms. The van der Waals surface area contributed by atoms with Crippen molar-refractivity contribution in [2.45, 2.75) is 70.5 Å². The van der Waals surface area contributed by atoms with Gasteiger partial charge in [-0.2, -0.15) is 0 Å². The van der Waals surface area contributed by atoms with E-state index in [9.17, 15) is 4.79 Å². The van der Waals surface area contributed by atoms with Crippen molar-refractivity contribution in [2.24, 2.45) is 5.92 Å². The third-order valence-corrected chi connectivity index (χ3v) is 5.52. The molecule has 2 atom stereocenters. The highest BCUT2D eigenvalue weighted by atomic mass is 16.5. The molecule has 0 aromatic rings. The molecule has 2 aliphatic heterocycles. The van der Waals surface area contributed by atoms with Gasteiger partial charge in [-0.1, -0.05) is 0 Å². The molecule has 1 N–H and O–H groups in total. The minimum absolute atomic E-state index is 0.114. The van der Waals surface area contributed by atoms with E-state index in [4.69, 9.17) is 4.74 Å². The fraction of sp³-hybridized carbons (Fsp3) is 0.944. The van der Waals surface area contributed by atoms with E-state index in [1.54, 1.807) is 0 Å². The van der Waals surface area contributed by atoms with Crippen LogP contribution in [0.15, 0.2) is 0 Å². The van der Waals surface area contributed by atoms with Crippen molar-refractivity contribution < 1.29 is 9.53 Å². The van der Waals surface area contributed by atoms with Crippen LogP contribution >= 0.6 is 0 Å². The highest BCUT2D eigenvalue weighted by Gasteiger charge is 2.39. The molecule has 0 radical (unpaired) electrons. The van der Waals surface area contributed by atoms with Crippen LogP contribution in [-0.2, 0) is 4.74 Å². The predicted molar refractivity (Wildman–Crippen MR) is 91.5 cm³/mol. The summed E-state index contributed by atoms with van der Waals surface area (Å²) in [5.74, 6) is 0.820. The molecule has 132 valence electrons. The Hall–Kier alpha value is -0.810. The van der Waals surface area contributed by atoms with Crippen LogP contribution in [0.4, 0.5) is 4.79 Å². The number of likely N-dealkylation sites (tertiary alicyclic amines) is 1. The predicted octanol–water partition coefficient (Wildman–Crippen LogP) is 2.46. The van der Waals surface area contributed by atoms with Crippen molar-refractivity contribution in [3.8, 4) is 0 Å². The SMILES string of the molecule is CC(C)N1[C@H]2CC[C@H]1CN(C(=O)NCCCOCC1CC1)CC2. The lowest BCUT2D eigenvalue weighted by Gasteiger charge is -2.32. The van der Waals surface area contributed by atoms with Crippen LogP contribution in [-0.4, -0.2) is 66.8 Å². The van der Waals surface area contributed by atoms with Gasteiger partial charge in [0.15, 0.2) is 0 Å². The maximum atomic E-state index is 12.4. The summed E-state index contributed by atoms with van der Waals surface area (Å²) in [7, 11) is 0. The standard InChI is InChI=1S/C18H33N3O2/c1-14(2)21-16-6-7-17(21)12-20(10-8-16)18(22)19-9-3-11-23-13-15-4-5-15/h14-17H,3-13H2,1-2H3,(H,19,22)/t16-,17-/m0/s1. The molecule has 1 aliphatic carbocycles. The van der Waals surface area contributed by atoms with E-state index in [-0.39, 0.29) is 6.03 Å². The molecule has 1 saturated carbocycles. The van der Waals surface area contributed by atoms with Gasteiger partial charge >= 0.3 is 6.03 Å². The fourth-order valence-electron chi connectivity index (χ4n) is 4.15. The molecule has 5 heteroatoms. The van der Waals surface area contributed by atoms with Gasteiger partial charge in [-0.3, -0.25) is 4.90 Å². The molecule has 0 aromatic carbocycles. The molecule has 3 aliphatic rings. The lowest BCUT2D eigenvalue weighted by Crippen LogP contribution is -2.47. The maximum absolute atomic E-state index is 12.4. The van der Waals surface area contributed by atoms with E-state index >= 15 is 0 Å². The Balaban J connectivity index is 1.36. The lowest BCUT2D eigenvalue weighted by atomic mass is 10.1. The summed E-state index contributed by atoms with van der Waals surface area (Å²) < 4.78 is 5.61. The zero-order valence-corrected chi connectivity index (χ0v) is 14.8. The third kappa shape index (κ3) is 4.60. The lowest BCUT2D eigenvalue weighted by molar-refractivity contribution is 0.121. The topological polar surface area (TPSA) is 44.8 Å². The summed E-state index contributed by atoms with van der Waals surface area (Å²) in [6, 6.07) is 1.92. The normalized spacial score (nSPS) is 28.2. The number of amides is 2. The first-order valence-corrected chi connectivity index (χ1v) is 9.53. The molecule has 2 saturated heterocycles. The Morgan fingerprint density at radius 3 is 2.70 bits per heavy atom. The number of carbonyl (C=O) groups excluding carboxylic acids is 1. The first-order valence-electron chi connectivity index (χ1n) is 9.53. The second-order valence-electron chi connectivity index (χ2n) is 7.76. The van der Waals surface area contributed by atoms with Gasteiger partial charge in [0.1, 0.15) is 0 Å². The second kappa shape index (κ2) is 7.84. The molecule has 3 rings (SSSR count). The number of fused-ring (bicyclic) bond motifs is 2. The molecule has 0 aromatic heterocycles. The summed E-state index contributed by atoms with van der Waals surface area (Å²) >= 11 is 0. The van der Waals surface area contributed by atoms with Crippen molar-refractivity contribution in [2.75, 3.05) is 32.8 Å². The van der Waals surface area contributed by atoms with Crippen LogP contribution < -0.4 is 5.32 Å². The zero-order valence-electron chi connectivity index (χ0n) is 14.8. The number of hydrogen-bond donors (Lipinski definition) is 1. The number of nitrogens with zero attached hydrogens (tertiary/aromatic N) is 2. The van der Waals surface area contributed by atoms with Crippen LogP contribution in [0.2, 0.25) is 0 Å². The molecular formula is C18H33N3O2. The average molecular weight is 323 g/mol. The Morgan fingerprint density at radius 1 is 1.17 bits per heavy atom. The first-order chi connectivity index (χ1) is 11.1. The first kappa shape index (κ1) is 17.0. The highest BCUT2D eigenvalue weighted by Crippen LogP contribution is 2.32.